The molecule has 3 rings (SSSR count). The third kappa shape index (κ3) is 6.68. The zero-order valence-corrected chi connectivity index (χ0v) is 19.8. The van der Waals surface area contributed by atoms with E-state index in [4.69, 9.17) is 4.99 Å². The highest BCUT2D eigenvalue weighted by Crippen LogP contribution is 2.49. The maximum absolute atomic E-state index is 14.2. The molecule has 0 spiro atoms. The maximum atomic E-state index is 14.2. The summed E-state index contributed by atoms with van der Waals surface area (Å²) in [5, 5.41) is 9.39. The molecule has 30 heavy (non-hydrogen) atoms. The first kappa shape index (κ1) is 24.1. The molecule has 0 unspecified atom stereocenters. The number of amides is 1. The average Bonchev–Trinajstić information content (AvgIpc) is 3.48. The lowest BCUT2D eigenvalue weighted by Crippen LogP contribution is -2.39. The van der Waals surface area contributed by atoms with Crippen molar-refractivity contribution >= 4 is 41.5 Å². The Morgan fingerprint density at radius 3 is 2.40 bits per heavy atom. The first-order valence-electron chi connectivity index (χ1n) is 10.2. The van der Waals surface area contributed by atoms with Gasteiger partial charge in [-0.25, -0.2) is 4.39 Å². The molecule has 0 heterocycles. The van der Waals surface area contributed by atoms with Crippen LogP contribution in [0.15, 0.2) is 53.5 Å². The van der Waals surface area contributed by atoms with Crippen molar-refractivity contribution in [2.75, 3.05) is 25.0 Å². The summed E-state index contributed by atoms with van der Waals surface area (Å²) in [6.45, 7) is 5.61. The molecule has 5 nitrogen and oxygen atoms in total. The van der Waals surface area contributed by atoms with E-state index in [9.17, 15) is 9.18 Å². The van der Waals surface area contributed by atoms with E-state index >= 15 is 0 Å². The SMILES string of the molecule is CCNC(=NCC1(c2ccccc2F)CC1)NCCc1ccc(NC(C)=O)cc1.I. The van der Waals surface area contributed by atoms with Crippen LogP contribution in [0.25, 0.3) is 0 Å². The second-order valence-electron chi connectivity index (χ2n) is 7.51. The lowest BCUT2D eigenvalue weighted by atomic mass is 9.95. The van der Waals surface area contributed by atoms with Gasteiger partial charge in [0.2, 0.25) is 5.91 Å². The van der Waals surface area contributed by atoms with Gasteiger partial charge in [0.25, 0.3) is 0 Å². The zero-order valence-electron chi connectivity index (χ0n) is 17.5. The Kier molecular flexibility index (Phi) is 9.08. The third-order valence-electron chi connectivity index (χ3n) is 5.16. The summed E-state index contributed by atoms with van der Waals surface area (Å²) in [6.07, 6.45) is 2.78. The van der Waals surface area contributed by atoms with Gasteiger partial charge in [-0.1, -0.05) is 30.3 Å². The highest BCUT2D eigenvalue weighted by Gasteiger charge is 2.45. The van der Waals surface area contributed by atoms with Crippen molar-refractivity contribution in [1.29, 1.82) is 0 Å². The highest BCUT2D eigenvalue weighted by atomic mass is 127. The van der Waals surface area contributed by atoms with Gasteiger partial charge in [-0.2, -0.15) is 0 Å². The number of anilines is 1. The molecular weight excluding hydrogens is 494 g/mol. The van der Waals surface area contributed by atoms with Crippen LogP contribution in [0.2, 0.25) is 0 Å². The number of rotatable bonds is 8. The van der Waals surface area contributed by atoms with Crippen LogP contribution in [0.1, 0.15) is 37.8 Å². The largest absolute Gasteiger partial charge is 0.357 e. The molecular formula is C23H30FIN4O. The van der Waals surface area contributed by atoms with Gasteiger partial charge < -0.3 is 16.0 Å². The van der Waals surface area contributed by atoms with Crippen LogP contribution in [-0.2, 0) is 16.6 Å². The fraction of sp³-hybridized carbons (Fsp3) is 0.391. The van der Waals surface area contributed by atoms with Crippen molar-refractivity contribution in [2.24, 2.45) is 4.99 Å². The predicted octanol–water partition coefficient (Wildman–Crippen LogP) is 4.23. The Morgan fingerprint density at radius 2 is 1.80 bits per heavy atom. The first-order chi connectivity index (χ1) is 14.0. The molecule has 1 aliphatic rings. The molecule has 2 aromatic rings. The molecule has 1 saturated carbocycles. The summed E-state index contributed by atoms with van der Waals surface area (Å²) < 4.78 is 14.2. The van der Waals surface area contributed by atoms with Gasteiger partial charge >= 0.3 is 0 Å². The minimum absolute atomic E-state index is 0. The summed E-state index contributed by atoms with van der Waals surface area (Å²) >= 11 is 0. The van der Waals surface area contributed by atoms with Crippen LogP contribution in [-0.4, -0.2) is 31.5 Å². The van der Waals surface area contributed by atoms with E-state index < -0.39 is 0 Å². The Hall–Kier alpha value is -2.16. The molecule has 162 valence electrons. The van der Waals surface area contributed by atoms with E-state index in [2.05, 4.69) is 16.0 Å². The Balaban J connectivity index is 0.00000320. The van der Waals surface area contributed by atoms with Crippen LogP contribution in [0.5, 0.6) is 0 Å². The number of hydrogen-bond acceptors (Lipinski definition) is 2. The molecule has 0 aliphatic heterocycles. The minimum atomic E-state index is -0.159. The van der Waals surface area contributed by atoms with Crippen LogP contribution in [0.4, 0.5) is 10.1 Å². The van der Waals surface area contributed by atoms with Gasteiger partial charge in [0.1, 0.15) is 5.82 Å². The number of nitrogens with one attached hydrogen (secondary N) is 3. The van der Waals surface area contributed by atoms with Gasteiger partial charge in [-0.3, -0.25) is 9.79 Å². The van der Waals surface area contributed by atoms with Crippen LogP contribution in [0, 0.1) is 5.82 Å². The molecule has 0 aromatic heterocycles. The number of halogens is 2. The molecule has 1 fully saturated rings. The van der Waals surface area contributed by atoms with Crippen molar-refractivity contribution in [3.8, 4) is 0 Å². The van der Waals surface area contributed by atoms with Gasteiger partial charge in [-0.15, -0.1) is 24.0 Å². The Morgan fingerprint density at radius 1 is 1.10 bits per heavy atom. The van der Waals surface area contributed by atoms with E-state index in [-0.39, 0.29) is 41.1 Å². The molecule has 0 radical (unpaired) electrons. The fourth-order valence-electron chi connectivity index (χ4n) is 3.41. The van der Waals surface area contributed by atoms with E-state index in [1.807, 2.05) is 43.3 Å². The second-order valence-corrected chi connectivity index (χ2v) is 7.51. The smallest absolute Gasteiger partial charge is 0.221 e. The number of carbonyl (C=O) groups is 1. The number of nitrogens with zero attached hydrogens (tertiary/aromatic N) is 1. The van der Waals surface area contributed by atoms with E-state index in [0.29, 0.717) is 6.54 Å². The van der Waals surface area contributed by atoms with Crippen molar-refractivity contribution < 1.29 is 9.18 Å². The quantitative estimate of drug-likeness (QED) is 0.275. The number of guanidine groups is 1. The fourth-order valence-corrected chi connectivity index (χ4v) is 3.41. The summed E-state index contributed by atoms with van der Waals surface area (Å²) in [4.78, 5) is 15.8. The molecule has 3 N–H and O–H groups in total. The highest BCUT2D eigenvalue weighted by molar-refractivity contribution is 14.0. The Labute approximate surface area is 195 Å². The minimum Gasteiger partial charge on any atom is -0.357 e. The van der Waals surface area contributed by atoms with E-state index in [0.717, 1.165) is 49.6 Å². The number of aliphatic imine (C=N–C) groups is 1. The van der Waals surface area contributed by atoms with Crippen LogP contribution >= 0.6 is 24.0 Å². The lowest BCUT2D eigenvalue weighted by Gasteiger charge is -2.16. The maximum Gasteiger partial charge on any atom is 0.221 e. The summed E-state index contributed by atoms with van der Waals surface area (Å²) in [5.74, 6) is 0.542. The van der Waals surface area contributed by atoms with Crippen molar-refractivity contribution in [3.05, 3.63) is 65.5 Å². The normalized spacial score (nSPS) is 14.4. The molecule has 2 aromatic carbocycles. The van der Waals surface area contributed by atoms with Crippen LogP contribution in [0.3, 0.4) is 0 Å². The van der Waals surface area contributed by atoms with Crippen molar-refractivity contribution in [1.82, 2.24) is 10.6 Å². The van der Waals surface area contributed by atoms with E-state index in [1.54, 1.807) is 6.07 Å². The zero-order chi connectivity index (χ0) is 20.7. The second kappa shape index (κ2) is 11.3. The molecule has 1 aliphatic carbocycles. The number of benzene rings is 2. The number of carbonyl (C=O) groups excluding carboxylic acids is 1. The predicted molar refractivity (Wildman–Crippen MR) is 131 cm³/mol. The van der Waals surface area contributed by atoms with Gasteiger partial charge in [0.15, 0.2) is 5.96 Å². The van der Waals surface area contributed by atoms with Crippen molar-refractivity contribution in [2.45, 2.75) is 38.5 Å². The third-order valence-corrected chi connectivity index (χ3v) is 5.16. The molecule has 0 saturated heterocycles. The van der Waals surface area contributed by atoms with Gasteiger partial charge in [0.05, 0.1) is 6.54 Å². The molecule has 7 heteroatoms. The topological polar surface area (TPSA) is 65.5 Å². The molecule has 1 amide bonds. The number of hydrogen-bond donors (Lipinski definition) is 3. The summed E-state index contributed by atoms with van der Waals surface area (Å²) in [6, 6.07) is 14.9. The summed E-state index contributed by atoms with van der Waals surface area (Å²) in [5.41, 5.74) is 2.59. The monoisotopic (exact) mass is 524 g/mol. The molecule has 0 atom stereocenters. The summed E-state index contributed by atoms with van der Waals surface area (Å²) in [7, 11) is 0. The van der Waals surface area contributed by atoms with Crippen LogP contribution < -0.4 is 16.0 Å². The van der Waals surface area contributed by atoms with E-state index in [1.165, 1.54) is 18.6 Å². The Bertz CT molecular complexity index is 866. The van der Waals surface area contributed by atoms with Crippen molar-refractivity contribution in [3.63, 3.8) is 0 Å². The standard InChI is InChI=1S/C23H29FN4O.HI/c1-3-25-22(26-15-12-18-8-10-19(11-9-18)28-17(2)29)27-16-23(13-14-23)20-6-4-5-7-21(20)24;/h4-11H,3,12-16H2,1-2H3,(H,28,29)(H2,25,26,27);1H. The molecule has 0 bridgehead atoms. The van der Waals surface area contributed by atoms with Gasteiger partial charge in [0, 0.05) is 31.1 Å². The lowest BCUT2D eigenvalue weighted by molar-refractivity contribution is -0.114. The average molecular weight is 524 g/mol. The first-order valence-corrected chi connectivity index (χ1v) is 10.2. The van der Waals surface area contributed by atoms with Gasteiger partial charge in [-0.05, 0) is 55.5 Å².